The van der Waals surface area contributed by atoms with Crippen molar-refractivity contribution < 1.29 is 13.6 Å². The first kappa shape index (κ1) is 15.8. The van der Waals surface area contributed by atoms with E-state index in [1.54, 1.807) is 7.05 Å². The molecule has 0 unspecified atom stereocenters. The summed E-state index contributed by atoms with van der Waals surface area (Å²) >= 11 is 0. The third-order valence-corrected chi connectivity index (χ3v) is 2.19. The van der Waals surface area contributed by atoms with Gasteiger partial charge in [-0.15, -0.1) is 12.4 Å². The Morgan fingerprint density at radius 2 is 2.00 bits per heavy atom. The number of benzene rings is 1. The Bertz CT molecular complexity index is 388. The van der Waals surface area contributed by atoms with Gasteiger partial charge < -0.3 is 10.6 Å². The van der Waals surface area contributed by atoms with Crippen molar-refractivity contribution in [2.24, 2.45) is 5.73 Å². The highest BCUT2D eigenvalue weighted by atomic mass is 35.5. The maximum absolute atomic E-state index is 12.9. The Labute approximate surface area is 105 Å². The van der Waals surface area contributed by atoms with Gasteiger partial charge >= 0.3 is 0 Å². The van der Waals surface area contributed by atoms with E-state index in [0.29, 0.717) is 5.56 Å². The largest absolute Gasteiger partial charge is 0.341 e. The molecular formula is C11H15ClF2N2O. The Morgan fingerprint density at radius 1 is 1.35 bits per heavy atom. The van der Waals surface area contributed by atoms with Crippen molar-refractivity contribution in [1.29, 1.82) is 0 Å². The minimum Gasteiger partial charge on any atom is -0.341 e. The molecule has 0 saturated heterocycles. The van der Waals surface area contributed by atoms with Crippen LogP contribution in [0.1, 0.15) is 12.0 Å². The minimum atomic E-state index is -0.905. The summed E-state index contributed by atoms with van der Waals surface area (Å²) in [4.78, 5) is 12.8. The van der Waals surface area contributed by atoms with Gasteiger partial charge in [0.05, 0.1) is 0 Å². The van der Waals surface area contributed by atoms with E-state index in [-0.39, 0.29) is 37.8 Å². The monoisotopic (exact) mass is 264 g/mol. The number of rotatable bonds is 4. The number of carbonyl (C=O) groups is 1. The number of hydrogen-bond donors (Lipinski definition) is 1. The first-order valence-corrected chi connectivity index (χ1v) is 4.92. The second-order valence-corrected chi connectivity index (χ2v) is 3.54. The zero-order chi connectivity index (χ0) is 12.1. The van der Waals surface area contributed by atoms with Crippen molar-refractivity contribution in [2.45, 2.75) is 13.0 Å². The fourth-order valence-corrected chi connectivity index (χ4v) is 1.31. The van der Waals surface area contributed by atoms with Crippen LogP contribution in [0.2, 0.25) is 0 Å². The number of nitrogens with zero attached hydrogens (tertiary/aromatic N) is 1. The lowest BCUT2D eigenvalue weighted by Crippen LogP contribution is -2.28. The standard InChI is InChI=1S/C11H14F2N2O.ClH/c1-15(11(16)4-5-14)7-8-2-3-9(12)10(13)6-8;/h2-3,6H,4-5,7,14H2,1H3;1H. The van der Waals surface area contributed by atoms with Crippen molar-refractivity contribution >= 4 is 18.3 Å². The molecule has 96 valence electrons. The van der Waals surface area contributed by atoms with Gasteiger partial charge in [-0.05, 0) is 17.7 Å². The van der Waals surface area contributed by atoms with Gasteiger partial charge in [-0.1, -0.05) is 6.07 Å². The summed E-state index contributed by atoms with van der Waals surface area (Å²) < 4.78 is 25.5. The molecule has 0 aliphatic carbocycles. The summed E-state index contributed by atoms with van der Waals surface area (Å²) in [6.45, 7) is 0.525. The van der Waals surface area contributed by atoms with Gasteiger partial charge in [0.25, 0.3) is 0 Å². The van der Waals surface area contributed by atoms with Gasteiger partial charge in [-0.2, -0.15) is 0 Å². The van der Waals surface area contributed by atoms with Crippen LogP contribution >= 0.6 is 12.4 Å². The van der Waals surface area contributed by atoms with E-state index in [0.717, 1.165) is 12.1 Å². The highest BCUT2D eigenvalue weighted by Crippen LogP contribution is 2.10. The first-order valence-electron chi connectivity index (χ1n) is 4.92. The van der Waals surface area contributed by atoms with E-state index in [1.807, 2.05) is 0 Å². The second-order valence-electron chi connectivity index (χ2n) is 3.54. The minimum absolute atomic E-state index is 0. The summed E-state index contributed by atoms with van der Waals surface area (Å²) in [5.74, 6) is -1.91. The van der Waals surface area contributed by atoms with Crippen molar-refractivity contribution in [3.8, 4) is 0 Å². The van der Waals surface area contributed by atoms with Crippen LogP contribution in [0.4, 0.5) is 8.78 Å². The van der Waals surface area contributed by atoms with Crippen LogP contribution in [0.3, 0.4) is 0 Å². The van der Waals surface area contributed by atoms with E-state index in [2.05, 4.69) is 0 Å². The predicted molar refractivity (Wildman–Crippen MR) is 63.8 cm³/mol. The lowest BCUT2D eigenvalue weighted by molar-refractivity contribution is -0.130. The van der Waals surface area contributed by atoms with Crippen LogP contribution in [0.5, 0.6) is 0 Å². The predicted octanol–water partition coefficient (Wildman–Crippen LogP) is 1.69. The van der Waals surface area contributed by atoms with E-state index in [4.69, 9.17) is 5.73 Å². The fourth-order valence-electron chi connectivity index (χ4n) is 1.31. The molecule has 0 bridgehead atoms. The summed E-state index contributed by atoms with van der Waals surface area (Å²) in [5, 5.41) is 0. The molecule has 0 heterocycles. The number of amides is 1. The third-order valence-electron chi connectivity index (χ3n) is 2.19. The highest BCUT2D eigenvalue weighted by molar-refractivity contribution is 5.85. The van der Waals surface area contributed by atoms with Crippen LogP contribution in [0.25, 0.3) is 0 Å². The average molecular weight is 265 g/mol. The van der Waals surface area contributed by atoms with Gasteiger partial charge in [0.15, 0.2) is 11.6 Å². The molecule has 0 aliphatic heterocycles. The summed E-state index contributed by atoms with van der Waals surface area (Å²) in [6, 6.07) is 3.58. The number of hydrogen-bond acceptors (Lipinski definition) is 2. The molecule has 0 aromatic heterocycles. The summed E-state index contributed by atoms with van der Waals surface area (Å²) in [6.07, 6.45) is 0.250. The molecule has 1 rings (SSSR count). The number of halogens is 3. The average Bonchev–Trinajstić information content (AvgIpc) is 2.24. The van der Waals surface area contributed by atoms with Crippen molar-refractivity contribution in [1.82, 2.24) is 4.90 Å². The smallest absolute Gasteiger partial charge is 0.223 e. The van der Waals surface area contributed by atoms with Gasteiger partial charge in [-0.25, -0.2) is 8.78 Å². The maximum atomic E-state index is 12.9. The van der Waals surface area contributed by atoms with E-state index in [1.165, 1.54) is 11.0 Å². The van der Waals surface area contributed by atoms with E-state index < -0.39 is 11.6 Å². The van der Waals surface area contributed by atoms with Crippen LogP contribution in [-0.2, 0) is 11.3 Å². The van der Waals surface area contributed by atoms with Gasteiger partial charge in [-0.3, -0.25) is 4.79 Å². The molecule has 0 fully saturated rings. The first-order chi connectivity index (χ1) is 7.54. The van der Waals surface area contributed by atoms with Gasteiger partial charge in [0.2, 0.25) is 5.91 Å². The zero-order valence-corrected chi connectivity index (χ0v) is 10.3. The molecule has 0 atom stereocenters. The van der Waals surface area contributed by atoms with Gasteiger partial charge in [0.1, 0.15) is 0 Å². The lowest BCUT2D eigenvalue weighted by Gasteiger charge is -2.16. The molecule has 1 aromatic rings. The molecule has 2 N–H and O–H groups in total. The molecule has 6 heteroatoms. The van der Waals surface area contributed by atoms with Crippen LogP contribution in [-0.4, -0.2) is 24.4 Å². The van der Waals surface area contributed by atoms with Crippen LogP contribution < -0.4 is 5.73 Å². The lowest BCUT2D eigenvalue weighted by atomic mass is 10.2. The summed E-state index contributed by atoms with van der Waals surface area (Å²) in [5.41, 5.74) is 5.80. The quantitative estimate of drug-likeness (QED) is 0.900. The summed E-state index contributed by atoms with van der Waals surface area (Å²) in [7, 11) is 1.60. The SMILES string of the molecule is CN(Cc1ccc(F)c(F)c1)C(=O)CCN.Cl. The molecule has 1 amide bonds. The Morgan fingerprint density at radius 3 is 2.53 bits per heavy atom. The molecule has 1 aromatic carbocycles. The van der Waals surface area contributed by atoms with Crippen molar-refractivity contribution in [3.05, 3.63) is 35.4 Å². The van der Waals surface area contributed by atoms with Crippen molar-refractivity contribution in [2.75, 3.05) is 13.6 Å². The van der Waals surface area contributed by atoms with Crippen molar-refractivity contribution in [3.63, 3.8) is 0 Å². The molecule has 0 radical (unpaired) electrons. The topological polar surface area (TPSA) is 46.3 Å². The third kappa shape index (κ3) is 4.66. The Hall–Kier alpha value is -1.20. The van der Waals surface area contributed by atoms with Crippen LogP contribution in [0, 0.1) is 11.6 Å². The molecule has 3 nitrogen and oxygen atoms in total. The zero-order valence-electron chi connectivity index (χ0n) is 9.45. The maximum Gasteiger partial charge on any atom is 0.223 e. The molecular weight excluding hydrogens is 250 g/mol. The van der Waals surface area contributed by atoms with Gasteiger partial charge in [0, 0.05) is 26.6 Å². The normalized spacial score (nSPS) is 9.65. The number of carbonyl (C=O) groups excluding carboxylic acids is 1. The fraction of sp³-hybridized carbons (Fsp3) is 0.364. The molecule has 0 spiro atoms. The highest BCUT2D eigenvalue weighted by Gasteiger charge is 2.09. The molecule has 0 aliphatic rings. The Kier molecular flexibility index (Phi) is 6.68. The Balaban J connectivity index is 0.00000256. The second kappa shape index (κ2) is 7.19. The van der Waals surface area contributed by atoms with E-state index >= 15 is 0 Å². The number of nitrogens with two attached hydrogens (primary N) is 1. The molecule has 0 saturated carbocycles. The van der Waals surface area contributed by atoms with E-state index in [9.17, 15) is 13.6 Å². The molecule has 17 heavy (non-hydrogen) atoms. The van der Waals surface area contributed by atoms with Crippen LogP contribution in [0.15, 0.2) is 18.2 Å².